The molecule has 0 N–H and O–H groups in total. The number of ether oxygens (including phenoxy) is 2. The first kappa shape index (κ1) is 9.38. The van der Waals surface area contributed by atoms with Gasteiger partial charge in [-0.1, -0.05) is 0 Å². The van der Waals surface area contributed by atoms with Crippen molar-refractivity contribution in [3.05, 3.63) is 0 Å². The molecule has 1 saturated heterocycles. The molecule has 0 saturated carbocycles. The van der Waals surface area contributed by atoms with Crippen molar-refractivity contribution >= 4 is 5.97 Å². The Morgan fingerprint density at radius 3 is 2.83 bits per heavy atom. The summed E-state index contributed by atoms with van der Waals surface area (Å²) in [7, 11) is 1.47. The van der Waals surface area contributed by atoms with Crippen molar-refractivity contribution in [2.24, 2.45) is 0 Å². The second kappa shape index (κ2) is 3.35. The van der Waals surface area contributed by atoms with Crippen LogP contribution in [0.4, 0.5) is 8.78 Å². The van der Waals surface area contributed by atoms with Crippen molar-refractivity contribution in [3.8, 4) is 0 Å². The Morgan fingerprint density at radius 2 is 2.42 bits per heavy atom. The summed E-state index contributed by atoms with van der Waals surface area (Å²) in [5.41, 5.74) is 0. The first-order valence-electron chi connectivity index (χ1n) is 3.64. The fraction of sp³-hybridized carbons (Fsp3) is 0.857. The van der Waals surface area contributed by atoms with Crippen LogP contribution in [0, 0.1) is 0 Å². The van der Waals surface area contributed by atoms with Gasteiger partial charge in [0.15, 0.2) is 0 Å². The summed E-state index contributed by atoms with van der Waals surface area (Å²) < 4.78 is 34.1. The summed E-state index contributed by atoms with van der Waals surface area (Å²) in [6, 6.07) is 0. The van der Waals surface area contributed by atoms with Gasteiger partial charge in [0.2, 0.25) is 0 Å². The Balaban J connectivity index is 2.39. The number of methoxy groups -OCH3 is 1. The molecule has 3 nitrogen and oxygen atoms in total. The number of carbonyl (C=O) groups excluding carboxylic acids is 1. The normalized spacial score (nSPS) is 27.2. The van der Waals surface area contributed by atoms with Crippen molar-refractivity contribution in [1.82, 2.24) is 0 Å². The molecule has 1 aliphatic heterocycles. The van der Waals surface area contributed by atoms with E-state index in [-0.39, 0.29) is 0 Å². The van der Waals surface area contributed by atoms with E-state index in [9.17, 15) is 13.6 Å². The zero-order valence-corrected chi connectivity index (χ0v) is 6.68. The first-order valence-corrected chi connectivity index (χ1v) is 3.64. The lowest BCUT2D eigenvalue weighted by atomic mass is 10.1. The lowest BCUT2D eigenvalue weighted by Crippen LogP contribution is -2.21. The minimum atomic E-state index is -3.29. The van der Waals surface area contributed by atoms with Crippen LogP contribution in [0.1, 0.15) is 12.8 Å². The number of halogens is 2. The van der Waals surface area contributed by atoms with Crippen LogP contribution in [0.3, 0.4) is 0 Å². The third-order valence-corrected chi connectivity index (χ3v) is 1.70. The number of carbonyl (C=O) groups is 1. The smallest absolute Gasteiger partial charge is 0.377 e. The quantitative estimate of drug-likeness (QED) is 0.607. The van der Waals surface area contributed by atoms with Gasteiger partial charge in [-0.2, -0.15) is 8.78 Å². The Morgan fingerprint density at radius 1 is 1.75 bits per heavy atom. The molecule has 1 unspecified atom stereocenters. The Labute approximate surface area is 68.6 Å². The number of alkyl halides is 2. The highest BCUT2D eigenvalue weighted by Gasteiger charge is 2.50. The second-order valence-electron chi connectivity index (χ2n) is 2.72. The first-order chi connectivity index (χ1) is 5.56. The van der Waals surface area contributed by atoms with Crippen LogP contribution >= 0.6 is 0 Å². The summed E-state index contributed by atoms with van der Waals surface area (Å²) in [5.74, 6) is -4.71. The van der Waals surface area contributed by atoms with E-state index in [0.717, 1.165) is 0 Å². The standard InChI is InChI=1S/C7H10F2O3/c1-11-3-2-5-4-7(8,9)6(10)12-5/h5H,2-4H2,1H3. The van der Waals surface area contributed by atoms with Crippen LogP contribution < -0.4 is 0 Å². The van der Waals surface area contributed by atoms with Crippen LogP contribution in [0.25, 0.3) is 0 Å². The van der Waals surface area contributed by atoms with Crippen LogP contribution in [0.2, 0.25) is 0 Å². The molecule has 70 valence electrons. The van der Waals surface area contributed by atoms with Crippen molar-refractivity contribution in [1.29, 1.82) is 0 Å². The van der Waals surface area contributed by atoms with Gasteiger partial charge in [0.05, 0.1) is 6.42 Å². The molecule has 0 radical (unpaired) electrons. The number of hydrogen-bond acceptors (Lipinski definition) is 3. The Hall–Kier alpha value is -0.710. The molecule has 0 aliphatic carbocycles. The molecule has 1 rings (SSSR count). The molecule has 0 aromatic carbocycles. The fourth-order valence-corrected chi connectivity index (χ4v) is 1.06. The van der Waals surface area contributed by atoms with Gasteiger partial charge >= 0.3 is 11.9 Å². The maximum atomic E-state index is 12.5. The number of esters is 1. The third kappa shape index (κ3) is 1.91. The van der Waals surface area contributed by atoms with Gasteiger partial charge in [-0.15, -0.1) is 0 Å². The van der Waals surface area contributed by atoms with E-state index in [1.807, 2.05) is 0 Å². The predicted octanol–water partition coefficient (Wildman–Crippen LogP) is 0.974. The van der Waals surface area contributed by atoms with Crippen LogP contribution in [-0.2, 0) is 14.3 Å². The van der Waals surface area contributed by atoms with Crippen molar-refractivity contribution in [3.63, 3.8) is 0 Å². The molecular formula is C7H10F2O3. The summed E-state index contributed by atoms with van der Waals surface area (Å²) >= 11 is 0. The van der Waals surface area contributed by atoms with Gasteiger partial charge in [0.25, 0.3) is 0 Å². The molecule has 0 aromatic rings. The monoisotopic (exact) mass is 180 g/mol. The maximum absolute atomic E-state index is 12.5. The van der Waals surface area contributed by atoms with E-state index >= 15 is 0 Å². The largest absolute Gasteiger partial charge is 0.458 e. The van der Waals surface area contributed by atoms with Gasteiger partial charge < -0.3 is 9.47 Å². The lowest BCUT2D eigenvalue weighted by molar-refractivity contribution is -0.159. The summed E-state index contributed by atoms with van der Waals surface area (Å²) in [4.78, 5) is 10.5. The van der Waals surface area contributed by atoms with Crippen molar-refractivity contribution in [2.75, 3.05) is 13.7 Å². The van der Waals surface area contributed by atoms with Gasteiger partial charge in [0, 0.05) is 20.1 Å². The zero-order chi connectivity index (χ0) is 9.19. The minimum absolute atomic E-state index is 0.327. The van der Waals surface area contributed by atoms with E-state index in [1.54, 1.807) is 0 Å². The molecule has 1 aliphatic rings. The molecule has 0 amide bonds. The average molecular weight is 180 g/mol. The fourth-order valence-electron chi connectivity index (χ4n) is 1.06. The molecular weight excluding hydrogens is 170 g/mol. The highest BCUT2D eigenvalue weighted by molar-refractivity contribution is 5.79. The van der Waals surface area contributed by atoms with E-state index < -0.39 is 24.4 Å². The molecule has 1 fully saturated rings. The van der Waals surface area contributed by atoms with E-state index in [1.165, 1.54) is 7.11 Å². The van der Waals surface area contributed by atoms with E-state index in [2.05, 4.69) is 9.47 Å². The predicted molar refractivity (Wildman–Crippen MR) is 35.9 cm³/mol. The number of rotatable bonds is 3. The molecule has 5 heteroatoms. The van der Waals surface area contributed by atoms with Crippen molar-refractivity contribution < 1.29 is 23.0 Å². The Kier molecular flexibility index (Phi) is 2.62. The number of hydrogen-bond donors (Lipinski definition) is 0. The summed E-state index contributed by atoms with van der Waals surface area (Å²) in [6.07, 6.45) is -0.875. The molecule has 12 heavy (non-hydrogen) atoms. The highest BCUT2D eigenvalue weighted by Crippen LogP contribution is 2.32. The van der Waals surface area contributed by atoms with Crippen LogP contribution in [0.5, 0.6) is 0 Å². The SMILES string of the molecule is COCCC1CC(F)(F)C(=O)O1. The van der Waals surface area contributed by atoms with E-state index in [0.29, 0.717) is 13.0 Å². The summed E-state index contributed by atoms with van der Waals surface area (Å²) in [6.45, 7) is 0.327. The van der Waals surface area contributed by atoms with Gasteiger partial charge in [-0.25, -0.2) is 4.79 Å². The molecule has 1 atom stereocenters. The van der Waals surface area contributed by atoms with Crippen LogP contribution in [0.15, 0.2) is 0 Å². The van der Waals surface area contributed by atoms with Gasteiger partial charge in [0.1, 0.15) is 6.10 Å². The zero-order valence-electron chi connectivity index (χ0n) is 6.68. The van der Waals surface area contributed by atoms with Gasteiger partial charge in [-0.3, -0.25) is 0 Å². The van der Waals surface area contributed by atoms with Gasteiger partial charge in [-0.05, 0) is 0 Å². The lowest BCUT2D eigenvalue weighted by Gasteiger charge is -2.05. The summed E-state index contributed by atoms with van der Waals surface area (Å²) in [5, 5.41) is 0. The molecule has 0 aromatic heterocycles. The maximum Gasteiger partial charge on any atom is 0.377 e. The molecule has 0 bridgehead atoms. The average Bonchev–Trinajstić information content (AvgIpc) is 2.22. The van der Waals surface area contributed by atoms with E-state index in [4.69, 9.17) is 0 Å². The molecule has 1 heterocycles. The molecule has 0 spiro atoms. The third-order valence-electron chi connectivity index (χ3n) is 1.70. The number of cyclic esters (lactones) is 1. The Bertz CT molecular complexity index is 181. The highest BCUT2D eigenvalue weighted by atomic mass is 19.3. The second-order valence-corrected chi connectivity index (χ2v) is 2.72. The topological polar surface area (TPSA) is 35.5 Å². The van der Waals surface area contributed by atoms with Crippen molar-refractivity contribution in [2.45, 2.75) is 24.9 Å². The van der Waals surface area contributed by atoms with Crippen LogP contribution in [-0.4, -0.2) is 31.7 Å². The minimum Gasteiger partial charge on any atom is -0.458 e.